The van der Waals surface area contributed by atoms with Crippen LogP contribution in [0.25, 0.3) is 0 Å². The van der Waals surface area contributed by atoms with Crippen LogP contribution in [0.2, 0.25) is 0 Å². The smallest absolute Gasteiger partial charge is 0.317 e. The SMILES string of the molecule is CCOC(=O)[C@@H]1C(=O)C[C@@]2(C[C@@H]1c1ccccc1)ON=C(C)[C@@H]2[N+](=O)[O-]. The van der Waals surface area contributed by atoms with Crippen LogP contribution in [0.4, 0.5) is 0 Å². The topological polar surface area (TPSA) is 108 Å². The van der Waals surface area contributed by atoms with E-state index in [4.69, 9.17) is 9.57 Å². The Morgan fingerprint density at radius 2 is 2.12 bits per heavy atom. The van der Waals surface area contributed by atoms with Crippen LogP contribution in [0, 0.1) is 16.0 Å². The molecule has 0 amide bonds. The molecule has 4 atom stereocenters. The lowest BCUT2D eigenvalue weighted by molar-refractivity contribution is -0.523. The summed E-state index contributed by atoms with van der Waals surface area (Å²) in [5, 5.41) is 15.4. The van der Waals surface area contributed by atoms with Gasteiger partial charge in [0.15, 0.2) is 5.78 Å². The van der Waals surface area contributed by atoms with E-state index >= 15 is 0 Å². The lowest BCUT2D eigenvalue weighted by Crippen LogP contribution is -2.55. The Morgan fingerprint density at radius 1 is 1.42 bits per heavy atom. The number of hydrogen-bond acceptors (Lipinski definition) is 7. The molecule has 0 aromatic heterocycles. The molecule has 1 aliphatic carbocycles. The highest BCUT2D eigenvalue weighted by molar-refractivity contribution is 6.02. The molecule has 1 aromatic carbocycles. The lowest BCUT2D eigenvalue weighted by Gasteiger charge is -2.39. The van der Waals surface area contributed by atoms with Gasteiger partial charge in [-0.2, -0.15) is 0 Å². The third-order valence-electron chi connectivity index (χ3n) is 5.03. The predicted molar refractivity (Wildman–Crippen MR) is 91.3 cm³/mol. The van der Waals surface area contributed by atoms with Crippen molar-refractivity contribution in [3.05, 3.63) is 46.0 Å². The van der Waals surface area contributed by atoms with E-state index in [9.17, 15) is 19.7 Å². The molecule has 0 unspecified atom stereocenters. The molecule has 0 radical (unpaired) electrons. The molecular weight excluding hydrogens is 340 g/mol. The fraction of sp³-hybridized carbons (Fsp3) is 0.500. The van der Waals surface area contributed by atoms with Gasteiger partial charge in [-0.15, -0.1) is 0 Å². The Kier molecular flexibility index (Phi) is 4.76. The van der Waals surface area contributed by atoms with E-state index in [0.29, 0.717) is 0 Å². The van der Waals surface area contributed by atoms with Crippen LogP contribution in [0.1, 0.15) is 38.2 Å². The van der Waals surface area contributed by atoms with Crippen molar-refractivity contribution in [2.24, 2.45) is 11.1 Å². The molecule has 1 aromatic rings. The molecule has 1 fully saturated rings. The van der Waals surface area contributed by atoms with E-state index in [2.05, 4.69) is 5.16 Å². The van der Waals surface area contributed by atoms with Crippen LogP contribution < -0.4 is 0 Å². The first-order chi connectivity index (χ1) is 12.4. The average molecular weight is 360 g/mol. The van der Waals surface area contributed by atoms with Gasteiger partial charge in [-0.3, -0.25) is 19.7 Å². The highest BCUT2D eigenvalue weighted by Gasteiger charge is 2.63. The number of ketones is 1. The highest BCUT2D eigenvalue weighted by atomic mass is 16.7. The van der Waals surface area contributed by atoms with Crippen LogP contribution in [0.15, 0.2) is 35.5 Å². The van der Waals surface area contributed by atoms with E-state index in [1.54, 1.807) is 31.2 Å². The zero-order valence-electron chi connectivity index (χ0n) is 14.6. The molecule has 0 N–H and O–H groups in total. The molecule has 8 heteroatoms. The fourth-order valence-corrected chi connectivity index (χ4v) is 4.00. The number of nitro groups is 1. The number of hydrogen-bond donors (Lipinski definition) is 0. The molecular formula is C18H20N2O6. The number of esters is 1. The Bertz CT molecular complexity index is 762. The summed E-state index contributed by atoms with van der Waals surface area (Å²) < 4.78 is 5.09. The van der Waals surface area contributed by atoms with E-state index < -0.39 is 40.2 Å². The highest BCUT2D eigenvalue weighted by Crippen LogP contribution is 2.47. The van der Waals surface area contributed by atoms with Crippen LogP contribution in [-0.4, -0.2) is 40.6 Å². The minimum atomic E-state index is -1.37. The van der Waals surface area contributed by atoms with Gasteiger partial charge in [0.25, 0.3) is 6.04 Å². The minimum absolute atomic E-state index is 0.138. The molecule has 0 saturated heterocycles. The predicted octanol–water partition coefficient (Wildman–Crippen LogP) is 2.10. The summed E-state index contributed by atoms with van der Waals surface area (Å²) in [5.74, 6) is -2.59. The summed E-state index contributed by atoms with van der Waals surface area (Å²) in [7, 11) is 0. The monoisotopic (exact) mass is 360 g/mol. The maximum Gasteiger partial charge on any atom is 0.317 e. The maximum atomic E-state index is 12.9. The van der Waals surface area contributed by atoms with Crippen molar-refractivity contribution >= 4 is 17.5 Å². The summed E-state index contributed by atoms with van der Waals surface area (Å²) in [5.41, 5.74) is -0.397. The van der Waals surface area contributed by atoms with Crippen LogP contribution >= 0.6 is 0 Å². The van der Waals surface area contributed by atoms with Crippen LogP contribution in [-0.2, 0) is 19.2 Å². The minimum Gasteiger partial charge on any atom is -0.465 e. The molecule has 138 valence electrons. The van der Waals surface area contributed by atoms with Crippen molar-refractivity contribution in [3.63, 3.8) is 0 Å². The van der Waals surface area contributed by atoms with Crippen molar-refractivity contribution < 1.29 is 24.1 Å². The molecule has 8 nitrogen and oxygen atoms in total. The summed E-state index contributed by atoms with van der Waals surface area (Å²) in [4.78, 5) is 41.9. The Labute approximate surface area is 150 Å². The van der Waals surface area contributed by atoms with Gasteiger partial charge in [-0.25, -0.2) is 0 Å². The standard InChI is InChI=1S/C18H20N2O6/c1-3-25-17(22)15-13(12-7-5-4-6-8-12)9-18(10-14(15)21)16(20(23)24)11(2)19-26-18/h4-8,13,15-16H,3,9-10H2,1-2H3/t13-,15+,16+,18-/m1/s1. The third kappa shape index (κ3) is 2.95. The number of carbonyl (C=O) groups is 2. The molecule has 1 saturated carbocycles. The van der Waals surface area contributed by atoms with Gasteiger partial charge in [-0.05, 0) is 19.4 Å². The van der Waals surface area contributed by atoms with E-state index in [1.165, 1.54) is 6.92 Å². The van der Waals surface area contributed by atoms with Crippen molar-refractivity contribution in [3.8, 4) is 0 Å². The summed E-state index contributed by atoms with van der Waals surface area (Å²) in [6.45, 7) is 3.34. The fourth-order valence-electron chi connectivity index (χ4n) is 4.00. The molecule has 0 bridgehead atoms. The second kappa shape index (κ2) is 6.86. The van der Waals surface area contributed by atoms with Crippen LogP contribution in [0.5, 0.6) is 0 Å². The first-order valence-corrected chi connectivity index (χ1v) is 8.50. The first kappa shape index (κ1) is 18.0. The summed E-state index contributed by atoms with van der Waals surface area (Å²) >= 11 is 0. The first-order valence-electron chi connectivity index (χ1n) is 8.50. The molecule has 26 heavy (non-hydrogen) atoms. The zero-order chi connectivity index (χ0) is 18.9. The van der Waals surface area contributed by atoms with Gasteiger partial charge in [0, 0.05) is 17.3 Å². The Balaban J connectivity index is 2.02. The van der Waals surface area contributed by atoms with Gasteiger partial charge in [0.2, 0.25) is 5.60 Å². The number of carbonyl (C=O) groups excluding carboxylic acids is 2. The maximum absolute atomic E-state index is 12.9. The number of oxime groups is 1. The number of rotatable bonds is 4. The van der Waals surface area contributed by atoms with E-state index in [-0.39, 0.29) is 25.2 Å². The van der Waals surface area contributed by atoms with Gasteiger partial charge in [0.05, 0.1) is 13.0 Å². The van der Waals surface area contributed by atoms with Crippen molar-refractivity contribution in [1.82, 2.24) is 0 Å². The van der Waals surface area contributed by atoms with E-state index in [0.717, 1.165) is 5.56 Å². The summed E-state index contributed by atoms with van der Waals surface area (Å²) in [6.07, 6.45) is -0.106. The van der Waals surface area contributed by atoms with Crippen molar-refractivity contribution in [2.75, 3.05) is 6.61 Å². The summed E-state index contributed by atoms with van der Waals surface area (Å²) in [6, 6.07) is 7.81. The number of nitrogens with zero attached hydrogens (tertiary/aromatic N) is 2. The lowest BCUT2D eigenvalue weighted by atomic mass is 9.65. The second-order valence-corrected chi connectivity index (χ2v) is 6.67. The number of benzene rings is 1. The second-order valence-electron chi connectivity index (χ2n) is 6.67. The van der Waals surface area contributed by atoms with Gasteiger partial charge in [-0.1, -0.05) is 35.5 Å². The van der Waals surface area contributed by atoms with Crippen molar-refractivity contribution in [2.45, 2.75) is 44.2 Å². The Hall–Kier alpha value is -2.77. The van der Waals surface area contributed by atoms with Gasteiger partial charge >= 0.3 is 5.97 Å². The molecule has 1 spiro atoms. The molecule has 1 aliphatic heterocycles. The quantitative estimate of drug-likeness (QED) is 0.352. The molecule has 1 heterocycles. The normalized spacial score (nSPS) is 30.6. The van der Waals surface area contributed by atoms with Gasteiger partial charge in [0.1, 0.15) is 11.6 Å². The Morgan fingerprint density at radius 3 is 2.73 bits per heavy atom. The van der Waals surface area contributed by atoms with Gasteiger partial charge < -0.3 is 9.57 Å². The zero-order valence-corrected chi connectivity index (χ0v) is 14.6. The number of ether oxygens (including phenoxy) is 1. The molecule has 2 aliphatic rings. The van der Waals surface area contributed by atoms with Crippen molar-refractivity contribution in [1.29, 1.82) is 0 Å². The number of Topliss-reactive ketones (excluding diaryl/α,β-unsaturated/α-hetero) is 1. The van der Waals surface area contributed by atoms with E-state index in [1.807, 2.05) is 6.07 Å². The molecule has 3 rings (SSSR count). The average Bonchev–Trinajstić information content (AvgIpc) is 2.91. The van der Waals surface area contributed by atoms with Crippen LogP contribution in [0.3, 0.4) is 0 Å². The largest absolute Gasteiger partial charge is 0.465 e. The third-order valence-corrected chi connectivity index (χ3v) is 5.03.